The molecule has 0 atom stereocenters. The summed E-state index contributed by atoms with van der Waals surface area (Å²) in [5.41, 5.74) is 7.05. The number of hydrogen-bond acceptors (Lipinski definition) is 3. The van der Waals surface area contributed by atoms with Crippen molar-refractivity contribution in [1.29, 1.82) is 0 Å². The molecule has 5 heteroatoms. The number of rotatable bonds is 6. The number of hydrogen-bond donors (Lipinski definition) is 2. The number of ether oxygens (including phenoxy) is 1. The van der Waals surface area contributed by atoms with Crippen LogP contribution in [-0.4, -0.2) is 11.3 Å². The van der Waals surface area contributed by atoms with E-state index in [2.05, 4.69) is 34.9 Å². The van der Waals surface area contributed by atoms with Gasteiger partial charge in [0.05, 0.1) is 6.21 Å². The first kappa shape index (κ1) is 18.6. The lowest BCUT2D eigenvalue weighted by Gasteiger charge is -2.09. The number of nitrogens with zero attached hydrogens (tertiary/aromatic N) is 1. The van der Waals surface area contributed by atoms with Crippen LogP contribution in [0.1, 0.15) is 16.7 Å². The molecule has 0 aromatic heterocycles. The average molecular weight is 375 g/mol. The predicted molar refractivity (Wildman–Crippen MR) is 115 cm³/mol. The Morgan fingerprint density at radius 3 is 2.59 bits per heavy atom. The van der Waals surface area contributed by atoms with Crippen molar-refractivity contribution >= 4 is 29.2 Å². The summed E-state index contributed by atoms with van der Waals surface area (Å²) in [5.74, 6) is 0.798. The summed E-state index contributed by atoms with van der Waals surface area (Å²) >= 11 is 5.22. The molecule has 0 aliphatic carbocycles. The standard InChI is InChI=1S/C22H21N3OS/c1-17-8-5-6-10-19(17)16-26-21-13-7-9-18(14-21)15-23-25-22(27)24-20-11-3-2-4-12-20/h2-15H,16H2,1H3,(H2,24,25,27)/b23-15+. The second-order valence-corrected chi connectivity index (χ2v) is 6.39. The molecule has 0 unspecified atom stereocenters. The third kappa shape index (κ3) is 5.94. The molecule has 0 saturated carbocycles. The fourth-order valence-electron chi connectivity index (χ4n) is 2.46. The van der Waals surface area contributed by atoms with Gasteiger partial charge in [-0.05, 0) is 60.1 Å². The molecule has 3 rings (SSSR count). The van der Waals surface area contributed by atoms with Gasteiger partial charge >= 0.3 is 0 Å². The van der Waals surface area contributed by atoms with Crippen molar-refractivity contribution < 1.29 is 4.74 Å². The molecule has 0 bridgehead atoms. The number of thiocarbonyl (C=S) groups is 1. The van der Waals surface area contributed by atoms with Crippen molar-refractivity contribution in [3.63, 3.8) is 0 Å². The molecular formula is C22H21N3OS. The third-order valence-corrected chi connectivity index (χ3v) is 4.12. The zero-order valence-electron chi connectivity index (χ0n) is 15.1. The van der Waals surface area contributed by atoms with Gasteiger partial charge in [-0.25, -0.2) is 0 Å². The zero-order chi connectivity index (χ0) is 18.9. The first-order valence-corrected chi connectivity index (χ1v) is 9.04. The fraction of sp³-hybridized carbons (Fsp3) is 0.0909. The molecule has 0 aliphatic rings. The highest BCUT2D eigenvalue weighted by molar-refractivity contribution is 7.80. The molecule has 3 aromatic rings. The van der Waals surface area contributed by atoms with Gasteiger partial charge in [0.25, 0.3) is 0 Å². The van der Waals surface area contributed by atoms with Gasteiger partial charge in [0, 0.05) is 5.69 Å². The summed E-state index contributed by atoms with van der Waals surface area (Å²) < 4.78 is 5.90. The number of aryl methyl sites for hydroxylation is 1. The van der Waals surface area contributed by atoms with Crippen LogP contribution in [0, 0.1) is 6.92 Å². The predicted octanol–water partition coefficient (Wildman–Crippen LogP) is 4.89. The number of benzene rings is 3. The van der Waals surface area contributed by atoms with E-state index in [1.54, 1.807) is 6.21 Å². The largest absolute Gasteiger partial charge is 0.489 e. The van der Waals surface area contributed by atoms with Gasteiger partial charge in [-0.1, -0.05) is 54.6 Å². The maximum Gasteiger partial charge on any atom is 0.191 e. The number of anilines is 1. The summed E-state index contributed by atoms with van der Waals surface area (Å²) in [6.45, 7) is 2.62. The molecule has 0 radical (unpaired) electrons. The van der Waals surface area contributed by atoms with Gasteiger partial charge in [0.2, 0.25) is 0 Å². The molecule has 2 N–H and O–H groups in total. The zero-order valence-corrected chi connectivity index (χ0v) is 15.9. The minimum Gasteiger partial charge on any atom is -0.489 e. The van der Waals surface area contributed by atoms with E-state index in [1.165, 1.54) is 11.1 Å². The Balaban J connectivity index is 1.53. The van der Waals surface area contributed by atoms with Crippen molar-refractivity contribution in [3.05, 3.63) is 95.6 Å². The van der Waals surface area contributed by atoms with Crippen LogP contribution >= 0.6 is 12.2 Å². The van der Waals surface area contributed by atoms with Crippen molar-refractivity contribution in [3.8, 4) is 5.75 Å². The lowest BCUT2D eigenvalue weighted by Crippen LogP contribution is -2.23. The lowest BCUT2D eigenvalue weighted by molar-refractivity contribution is 0.305. The van der Waals surface area contributed by atoms with Gasteiger partial charge in [-0.3, -0.25) is 5.43 Å². The summed E-state index contributed by atoms with van der Waals surface area (Å²) in [7, 11) is 0. The maximum absolute atomic E-state index is 5.90. The lowest BCUT2D eigenvalue weighted by atomic mass is 10.1. The minimum atomic E-state index is 0.435. The van der Waals surface area contributed by atoms with E-state index in [4.69, 9.17) is 17.0 Å². The molecule has 0 saturated heterocycles. The summed E-state index contributed by atoms with van der Waals surface area (Å²) in [5, 5.41) is 7.68. The van der Waals surface area contributed by atoms with Crippen LogP contribution in [-0.2, 0) is 6.61 Å². The Labute approximate surface area is 164 Å². The fourth-order valence-corrected chi connectivity index (χ4v) is 2.63. The number of hydrazone groups is 1. The van der Waals surface area contributed by atoms with Crippen LogP contribution in [0.5, 0.6) is 5.75 Å². The normalized spacial score (nSPS) is 10.6. The molecule has 0 amide bonds. The van der Waals surface area contributed by atoms with Gasteiger partial charge in [0.15, 0.2) is 5.11 Å². The Bertz CT molecular complexity index is 926. The highest BCUT2D eigenvalue weighted by atomic mass is 32.1. The van der Waals surface area contributed by atoms with Crippen LogP contribution in [0.15, 0.2) is 84.0 Å². The van der Waals surface area contributed by atoms with Crippen molar-refractivity contribution in [2.75, 3.05) is 5.32 Å². The van der Waals surface area contributed by atoms with Gasteiger partial charge in [-0.2, -0.15) is 5.10 Å². The smallest absolute Gasteiger partial charge is 0.191 e. The summed E-state index contributed by atoms with van der Waals surface area (Å²) in [4.78, 5) is 0. The van der Waals surface area contributed by atoms with E-state index in [1.807, 2.05) is 66.7 Å². The molecule has 136 valence electrons. The van der Waals surface area contributed by atoms with Crippen LogP contribution in [0.3, 0.4) is 0 Å². The topological polar surface area (TPSA) is 45.6 Å². The Kier molecular flexibility index (Phi) is 6.55. The van der Waals surface area contributed by atoms with E-state index >= 15 is 0 Å². The maximum atomic E-state index is 5.90. The molecule has 27 heavy (non-hydrogen) atoms. The van der Waals surface area contributed by atoms with Crippen LogP contribution in [0.4, 0.5) is 5.69 Å². The van der Waals surface area contributed by atoms with Crippen molar-refractivity contribution in [1.82, 2.24) is 5.43 Å². The Hall–Kier alpha value is -3.18. The molecule has 3 aromatic carbocycles. The first-order valence-electron chi connectivity index (χ1n) is 8.63. The van der Waals surface area contributed by atoms with Crippen molar-refractivity contribution in [2.24, 2.45) is 5.10 Å². The SMILES string of the molecule is Cc1ccccc1COc1cccc(/C=N/NC(=S)Nc2ccccc2)c1. The third-order valence-electron chi connectivity index (χ3n) is 3.93. The van der Waals surface area contributed by atoms with E-state index < -0.39 is 0 Å². The van der Waals surface area contributed by atoms with E-state index in [0.717, 1.165) is 17.0 Å². The quantitative estimate of drug-likeness (QED) is 0.366. The highest BCUT2D eigenvalue weighted by Crippen LogP contribution is 2.16. The molecular weight excluding hydrogens is 354 g/mol. The summed E-state index contributed by atoms with van der Waals surface area (Å²) in [6, 6.07) is 25.7. The van der Waals surface area contributed by atoms with Gasteiger partial charge < -0.3 is 10.1 Å². The Morgan fingerprint density at radius 2 is 1.78 bits per heavy atom. The molecule has 0 fully saturated rings. The second kappa shape index (κ2) is 9.50. The Morgan fingerprint density at radius 1 is 1.00 bits per heavy atom. The van der Waals surface area contributed by atoms with Gasteiger partial charge in [0.1, 0.15) is 12.4 Å². The molecule has 4 nitrogen and oxygen atoms in total. The minimum absolute atomic E-state index is 0.435. The molecule has 0 heterocycles. The van der Waals surface area contributed by atoms with Crippen LogP contribution in [0.25, 0.3) is 0 Å². The van der Waals surface area contributed by atoms with Crippen molar-refractivity contribution in [2.45, 2.75) is 13.5 Å². The van der Waals surface area contributed by atoms with Crippen LogP contribution in [0.2, 0.25) is 0 Å². The van der Waals surface area contributed by atoms with E-state index in [9.17, 15) is 0 Å². The first-order chi connectivity index (χ1) is 13.2. The van der Waals surface area contributed by atoms with E-state index in [-0.39, 0.29) is 0 Å². The number of nitrogens with one attached hydrogen (secondary N) is 2. The summed E-state index contributed by atoms with van der Waals surface area (Å²) in [6.07, 6.45) is 1.71. The van der Waals surface area contributed by atoms with Crippen LogP contribution < -0.4 is 15.5 Å². The number of para-hydroxylation sites is 1. The van der Waals surface area contributed by atoms with Gasteiger partial charge in [-0.15, -0.1) is 0 Å². The molecule has 0 aliphatic heterocycles. The second-order valence-electron chi connectivity index (χ2n) is 5.98. The highest BCUT2D eigenvalue weighted by Gasteiger charge is 2.00. The average Bonchev–Trinajstić information content (AvgIpc) is 2.68. The van der Waals surface area contributed by atoms with E-state index in [0.29, 0.717) is 11.7 Å². The molecule has 0 spiro atoms. The monoisotopic (exact) mass is 375 g/mol.